The molecule has 1 heterocycles. The van der Waals surface area contributed by atoms with Crippen molar-refractivity contribution in [2.24, 2.45) is 0 Å². The van der Waals surface area contributed by atoms with E-state index in [1.807, 2.05) is 62.4 Å². The van der Waals surface area contributed by atoms with Gasteiger partial charge in [0.05, 0.1) is 5.54 Å². The van der Waals surface area contributed by atoms with Crippen LogP contribution in [0.5, 0.6) is 0 Å². The summed E-state index contributed by atoms with van der Waals surface area (Å²) in [5.74, 6) is -1.27. The molecule has 0 unspecified atom stereocenters. The van der Waals surface area contributed by atoms with E-state index in [-0.39, 0.29) is 0 Å². The maximum atomic E-state index is 12.0. The molecular weight excluding hydrogens is 290 g/mol. The Labute approximate surface area is 136 Å². The smallest absolute Gasteiger partial charge is 0.309 e. The van der Waals surface area contributed by atoms with E-state index in [1.54, 1.807) is 6.20 Å². The third-order valence-corrected chi connectivity index (χ3v) is 3.52. The summed E-state index contributed by atoms with van der Waals surface area (Å²) in [6, 6.07) is 15.1. The van der Waals surface area contributed by atoms with Crippen LogP contribution in [0.2, 0.25) is 0 Å². The third-order valence-electron chi connectivity index (χ3n) is 3.52. The van der Waals surface area contributed by atoms with Gasteiger partial charge in [-0.25, -0.2) is 0 Å². The fourth-order valence-electron chi connectivity index (χ4n) is 2.20. The number of amides is 2. The van der Waals surface area contributed by atoms with Crippen LogP contribution in [0.25, 0.3) is 0 Å². The zero-order valence-corrected chi connectivity index (χ0v) is 13.4. The molecule has 2 rings (SSSR count). The predicted molar refractivity (Wildman–Crippen MR) is 88.6 cm³/mol. The number of carbonyl (C=O) groups is 2. The fraction of sp³-hybridized carbons (Fsp3) is 0.278. The molecule has 0 spiro atoms. The summed E-state index contributed by atoms with van der Waals surface area (Å²) in [4.78, 5) is 28.1. The van der Waals surface area contributed by atoms with E-state index in [2.05, 4.69) is 15.6 Å². The summed E-state index contributed by atoms with van der Waals surface area (Å²) >= 11 is 0. The van der Waals surface area contributed by atoms with Crippen molar-refractivity contribution in [2.45, 2.75) is 25.8 Å². The summed E-state index contributed by atoms with van der Waals surface area (Å²) in [7, 11) is 0. The van der Waals surface area contributed by atoms with E-state index in [0.29, 0.717) is 13.0 Å². The van der Waals surface area contributed by atoms with Crippen molar-refractivity contribution < 1.29 is 9.59 Å². The highest BCUT2D eigenvalue weighted by molar-refractivity contribution is 6.35. The highest BCUT2D eigenvalue weighted by atomic mass is 16.2. The van der Waals surface area contributed by atoms with Gasteiger partial charge in [0.1, 0.15) is 0 Å². The minimum absolute atomic E-state index is 0.370. The molecule has 120 valence electrons. The maximum Gasteiger partial charge on any atom is 0.309 e. The van der Waals surface area contributed by atoms with Gasteiger partial charge in [0.25, 0.3) is 0 Å². The van der Waals surface area contributed by atoms with Gasteiger partial charge in [-0.3, -0.25) is 14.6 Å². The first kappa shape index (κ1) is 16.7. The molecule has 0 saturated carbocycles. The lowest BCUT2D eigenvalue weighted by molar-refractivity contribution is -0.140. The van der Waals surface area contributed by atoms with Crippen LogP contribution in [0.15, 0.2) is 54.7 Å². The van der Waals surface area contributed by atoms with E-state index in [9.17, 15) is 9.59 Å². The highest BCUT2D eigenvalue weighted by Gasteiger charge is 2.25. The monoisotopic (exact) mass is 311 g/mol. The van der Waals surface area contributed by atoms with Gasteiger partial charge >= 0.3 is 11.8 Å². The number of hydrogen-bond acceptors (Lipinski definition) is 3. The SMILES string of the molecule is CC(C)(NC(=O)C(=O)NCCc1ccccn1)c1ccccc1. The van der Waals surface area contributed by atoms with E-state index in [4.69, 9.17) is 0 Å². The summed E-state index contributed by atoms with van der Waals surface area (Å²) in [6.07, 6.45) is 2.29. The molecule has 0 radical (unpaired) electrons. The van der Waals surface area contributed by atoms with Gasteiger partial charge in [0.2, 0.25) is 0 Å². The van der Waals surface area contributed by atoms with Crippen LogP contribution in [0, 0.1) is 0 Å². The Balaban J connectivity index is 1.84. The van der Waals surface area contributed by atoms with Crippen molar-refractivity contribution in [1.82, 2.24) is 15.6 Å². The Morgan fingerprint density at radius 3 is 2.35 bits per heavy atom. The van der Waals surface area contributed by atoms with Crippen molar-refractivity contribution in [3.63, 3.8) is 0 Å². The van der Waals surface area contributed by atoms with Gasteiger partial charge in [-0.15, -0.1) is 0 Å². The number of rotatable bonds is 5. The molecule has 5 nitrogen and oxygen atoms in total. The minimum Gasteiger partial charge on any atom is -0.347 e. The van der Waals surface area contributed by atoms with E-state index in [0.717, 1.165) is 11.3 Å². The largest absolute Gasteiger partial charge is 0.347 e. The van der Waals surface area contributed by atoms with Gasteiger partial charge in [-0.1, -0.05) is 36.4 Å². The molecule has 2 amide bonds. The van der Waals surface area contributed by atoms with Gasteiger partial charge in [-0.2, -0.15) is 0 Å². The topological polar surface area (TPSA) is 71.1 Å². The first-order valence-electron chi connectivity index (χ1n) is 7.55. The molecule has 0 aliphatic heterocycles. The van der Waals surface area contributed by atoms with Crippen LogP contribution in [-0.4, -0.2) is 23.3 Å². The predicted octanol–water partition coefficient (Wildman–Crippen LogP) is 1.79. The standard InChI is InChI=1S/C18H21N3O2/c1-18(2,14-8-4-3-5-9-14)21-17(23)16(22)20-13-11-15-10-6-7-12-19-15/h3-10,12H,11,13H2,1-2H3,(H,20,22)(H,21,23). The number of benzene rings is 1. The van der Waals surface area contributed by atoms with Gasteiger partial charge in [-0.05, 0) is 31.5 Å². The van der Waals surface area contributed by atoms with Gasteiger partial charge < -0.3 is 10.6 Å². The second-order valence-corrected chi connectivity index (χ2v) is 5.77. The Kier molecular flexibility index (Phi) is 5.46. The Morgan fingerprint density at radius 1 is 1.00 bits per heavy atom. The summed E-state index contributed by atoms with van der Waals surface area (Å²) in [5.41, 5.74) is 1.20. The average Bonchev–Trinajstić information content (AvgIpc) is 2.56. The first-order chi connectivity index (χ1) is 11.0. The molecule has 0 saturated heterocycles. The molecule has 0 atom stereocenters. The minimum atomic E-state index is -0.639. The number of nitrogens with zero attached hydrogens (tertiary/aromatic N) is 1. The number of hydrogen-bond donors (Lipinski definition) is 2. The molecule has 23 heavy (non-hydrogen) atoms. The fourth-order valence-corrected chi connectivity index (χ4v) is 2.20. The summed E-state index contributed by atoms with van der Waals surface area (Å²) in [6.45, 7) is 4.10. The van der Waals surface area contributed by atoms with Crippen LogP contribution in [-0.2, 0) is 21.5 Å². The van der Waals surface area contributed by atoms with E-state index >= 15 is 0 Å². The van der Waals surface area contributed by atoms with Crippen molar-refractivity contribution >= 4 is 11.8 Å². The molecular formula is C18H21N3O2. The lowest BCUT2D eigenvalue weighted by Gasteiger charge is -2.26. The second-order valence-electron chi connectivity index (χ2n) is 5.77. The Hall–Kier alpha value is -2.69. The molecule has 0 bridgehead atoms. The molecule has 1 aromatic heterocycles. The molecule has 5 heteroatoms. The van der Waals surface area contributed by atoms with E-state index < -0.39 is 17.4 Å². The van der Waals surface area contributed by atoms with Crippen molar-refractivity contribution in [1.29, 1.82) is 0 Å². The molecule has 1 aromatic carbocycles. The number of pyridine rings is 1. The van der Waals surface area contributed by atoms with Crippen LogP contribution in [0.1, 0.15) is 25.1 Å². The second kappa shape index (κ2) is 7.54. The Morgan fingerprint density at radius 2 is 1.70 bits per heavy atom. The third kappa shape index (κ3) is 4.92. The van der Waals surface area contributed by atoms with Crippen molar-refractivity contribution in [2.75, 3.05) is 6.54 Å². The maximum absolute atomic E-state index is 12.0. The van der Waals surface area contributed by atoms with Gasteiger partial charge in [0.15, 0.2) is 0 Å². The molecule has 2 N–H and O–H groups in total. The van der Waals surface area contributed by atoms with E-state index in [1.165, 1.54) is 0 Å². The lowest BCUT2D eigenvalue weighted by atomic mass is 9.94. The van der Waals surface area contributed by atoms with Crippen LogP contribution in [0.4, 0.5) is 0 Å². The Bertz CT molecular complexity index is 654. The van der Waals surface area contributed by atoms with Crippen LogP contribution >= 0.6 is 0 Å². The van der Waals surface area contributed by atoms with Crippen LogP contribution < -0.4 is 10.6 Å². The quantitative estimate of drug-likeness (QED) is 0.827. The zero-order chi connectivity index (χ0) is 16.7. The molecule has 0 aliphatic rings. The average molecular weight is 311 g/mol. The lowest BCUT2D eigenvalue weighted by Crippen LogP contribution is -2.48. The summed E-state index contributed by atoms with van der Waals surface area (Å²) in [5, 5.41) is 5.37. The molecule has 0 aliphatic carbocycles. The number of aromatic nitrogens is 1. The first-order valence-corrected chi connectivity index (χ1v) is 7.55. The number of nitrogens with one attached hydrogen (secondary N) is 2. The number of carbonyl (C=O) groups excluding carboxylic acids is 2. The highest BCUT2D eigenvalue weighted by Crippen LogP contribution is 2.18. The van der Waals surface area contributed by atoms with Crippen molar-refractivity contribution in [3.8, 4) is 0 Å². The zero-order valence-electron chi connectivity index (χ0n) is 13.4. The molecule has 0 fully saturated rings. The summed E-state index contributed by atoms with van der Waals surface area (Å²) < 4.78 is 0. The van der Waals surface area contributed by atoms with Gasteiger partial charge in [0, 0.05) is 24.9 Å². The molecule has 2 aromatic rings. The van der Waals surface area contributed by atoms with Crippen LogP contribution in [0.3, 0.4) is 0 Å². The van der Waals surface area contributed by atoms with Crippen molar-refractivity contribution in [3.05, 3.63) is 66.0 Å². The normalized spacial score (nSPS) is 10.9.